The van der Waals surface area contributed by atoms with E-state index in [2.05, 4.69) is 36.0 Å². The van der Waals surface area contributed by atoms with Gasteiger partial charge >= 0.3 is 0 Å². The molecule has 0 saturated carbocycles. The monoisotopic (exact) mass is 253 g/mol. The Hall–Kier alpha value is -0.610. The van der Waals surface area contributed by atoms with Gasteiger partial charge in [0.25, 0.3) is 0 Å². The van der Waals surface area contributed by atoms with Crippen molar-refractivity contribution in [2.75, 3.05) is 25.0 Å². The number of hydrogen-bond donors (Lipinski definition) is 1. The Morgan fingerprint density at radius 1 is 1.47 bits per heavy atom. The molecule has 2 heterocycles. The van der Waals surface area contributed by atoms with Gasteiger partial charge in [-0.15, -0.1) is 11.3 Å². The number of thiazole rings is 1. The van der Waals surface area contributed by atoms with Crippen molar-refractivity contribution in [1.29, 1.82) is 0 Å². The number of hydrogen-bond acceptors (Lipinski definition) is 4. The molecule has 0 spiro atoms. The van der Waals surface area contributed by atoms with Gasteiger partial charge in [-0.2, -0.15) is 0 Å². The summed E-state index contributed by atoms with van der Waals surface area (Å²) in [4.78, 5) is 8.70. The molecule has 0 fully saturated rings. The predicted octanol–water partition coefficient (Wildman–Crippen LogP) is 2.98. The van der Waals surface area contributed by atoms with Crippen molar-refractivity contribution >= 4 is 16.5 Å². The van der Waals surface area contributed by atoms with E-state index >= 15 is 0 Å². The van der Waals surface area contributed by atoms with Gasteiger partial charge in [0, 0.05) is 37.5 Å². The first-order valence-electron chi connectivity index (χ1n) is 6.63. The van der Waals surface area contributed by atoms with Crippen LogP contribution in [-0.4, -0.2) is 29.5 Å². The average molecular weight is 253 g/mol. The Bertz CT molecular complexity index is 360. The molecule has 0 aromatic carbocycles. The lowest BCUT2D eigenvalue weighted by Gasteiger charge is -2.27. The molecule has 4 heteroatoms. The third-order valence-corrected chi connectivity index (χ3v) is 4.00. The van der Waals surface area contributed by atoms with Gasteiger partial charge in [-0.3, -0.25) is 4.90 Å². The van der Waals surface area contributed by atoms with Crippen LogP contribution >= 0.6 is 11.3 Å². The highest BCUT2D eigenvalue weighted by Gasteiger charge is 2.20. The lowest BCUT2D eigenvalue weighted by Crippen LogP contribution is -2.32. The van der Waals surface area contributed by atoms with Gasteiger partial charge in [-0.05, 0) is 12.3 Å². The van der Waals surface area contributed by atoms with E-state index in [9.17, 15) is 0 Å². The molecular weight excluding hydrogens is 230 g/mol. The molecule has 1 aromatic heterocycles. The zero-order chi connectivity index (χ0) is 12.3. The molecule has 1 N–H and O–H groups in total. The van der Waals surface area contributed by atoms with Crippen molar-refractivity contribution in [3.63, 3.8) is 0 Å². The molecule has 2 rings (SSSR count). The first kappa shape index (κ1) is 12.8. The molecule has 0 unspecified atom stereocenters. The molecule has 1 aliphatic rings. The standard InChI is InChI=1S/C13H23N3S/c1-4-6-14-13-15-11-5-7-16(8-10(2)3)9-12(11)17-13/h10H,4-9H2,1-3H3,(H,14,15). The summed E-state index contributed by atoms with van der Waals surface area (Å²) < 4.78 is 0. The fourth-order valence-electron chi connectivity index (χ4n) is 2.23. The summed E-state index contributed by atoms with van der Waals surface area (Å²) in [5.41, 5.74) is 1.33. The van der Waals surface area contributed by atoms with Crippen LogP contribution in [0.5, 0.6) is 0 Å². The molecule has 0 radical (unpaired) electrons. The number of aromatic nitrogens is 1. The van der Waals surface area contributed by atoms with Crippen molar-refractivity contribution in [2.24, 2.45) is 5.92 Å². The van der Waals surface area contributed by atoms with Gasteiger partial charge in [-0.1, -0.05) is 20.8 Å². The fraction of sp³-hybridized carbons (Fsp3) is 0.769. The number of rotatable bonds is 5. The van der Waals surface area contributed by atoms with Gasteiger partial charge < -0.3 is 5.32 Å². The van der Waals surface area contributed by atoms with E-state index in [4.69, 9.17) is 0 Å². The van der Waals surface area contributed by atoms with E-state index in [1.807, 2.05) is 11.3 Å². The molecule has 1 aliphatic heterocycles. The van der Waals surface area contributed by atoms with Crippen LogP contribution in [0.25, 0.3) is 0 Å². The van der Waals surface area contributed by atoms with E-state index in [-0.39, 0.29) is 0 Å². The van der Waals surface area contributed by atoms with Crippen molar-refractivity contribution in [3.05, 3.63) is 10.6 Å². The summed E-state index contributed by atoms with van der Waals surface area (Å²) in [7, 11) is 0. The van der Waals surface area contributed by atoms with Crippen molar-refractivity contribution in [3.8, 4) is 0 Å². The number of nitrogens with one attached hydrogen (secondary N) is 1. The Morgan fingerprint density at radius 2 is 2.29 bits per heavy atom. The summed E-state index contributed by atoms with van der Waals surface area (Å²) in [6.07, 6.45) is 2.27. The Kier molecular flexibility index (Phi) is 4.40. The fourth-order valence-corrected chi connectivity index (χ4v) is 3.30. The highest BCUT2D eigenvalue weighted by molar-refractivity contribution is 7.15. The zero-order valence-electron chi connectivity index (χ0n) is 11.1. The van der Waals surface area contributed by atoms with Crippen molar-refractivity contribution in [1.82, 2.24) is 9.88 Å². The van der Waals surface area contributed by atoms with Crippen LogP contribution in [0.3, 0.4) is 0 Å². The normalized spacial score (nSPS) is 16.2. The zero-order valence-corrected chi connectivity index (χ0v) is 11.9. The van der Waals surface area contributed by atoms with Crippen LogP contribution in [0.15, 0.2) is 0 Å². The molecule has 0 aliphatic carbocycles. The molecule has 96 valence electrons. The molecule has 17 heavy (non-hydrogen) atoms. The maximum absolute atomic E-state index is 4.68. The molecule has 3 nitrogen and oxygen atoms in total. The van der Waals surface area contributed by atoms with Crippen LogP contribution in [0.4, 0.5) is 5.13 Å². The maximum atomic E-state index is 4.68. The first-order chi connectivity index (χ1) is 8.19. The lowest BCUT2D eigenvalue weighted by atomic mass is 10.1. The van der Waals surface area contributed by atoms with E-state index in [0.717, 1.165) is 37.0 Å². The molecule has 0 amide bonds. The van der Waals surface area contributed by atoms with Gasteiger partial charge in [0.2, 0.25) is 0 Å². The van der Waals surface area contributed by atoms with Crippen molar-refractivity contribution in [2.45, 2.75) is 40.2 Å². The Labute approximate surface area is 108 Å². The highest BCUT2D eigenvalue weighted by atomic mass is 32.1. The minimum Gasteiger partial charge on any atom is -0.362 e. The molecule has 1 aromatic rings. The predicted molar refractivity (Wildman–Crippen MR) is 74.7 cm³/mol. The smallest absolute Gasteiger partial charge is 0.183 e. The molecule has 0 atom stereocenters. The van der Waals surface area contributed by atoms with Crippen molar-refractivity contribution < 1.29 is 0 Å². The molecule has 0 saturated heterocycles. The van der Waals surface area contributed by atoms with E-state index in [0.29, 0.717) is 0 Å². The van der Waals surface area contributed by atoms with E-state index < -0.39 is 0 Å². The lowest BCUT2D eigenvalue weighted by molar-refractivity contribution is 0.228. The topological polar surface area (TPSA) is 28.2 Å². The second-order valence-electron chi connectivity index (χ2n) is 5.19. The summed E-state index contributed by atoms with van der Waals surface area (Å²) in [5, 5.41) is 4.51. The van der Waals surface area contributed by atoms with Crippen LogP contribution in [-0.2, 0) is 13.0 Å². The third kappa shape index (κ3) is 3.42. The van der Waals surface area contributed by atoms with Crippen LogP contribution < -0.4 is 5.32 Å². The quantitative estimate of drug-likeness (QED) is 0.874. The third-order valence-electron chi connectivity index (χ3n) is 2.96. The van der Waals surface area contributed by atoms with Gasteiger partial charge in [0.1, 0.15) is 0 Å². The Morgan fingerprint density at radius 3 is 3.00 bits per heavy atom. The number of nitrogens with zero attached hydrogens (tertiary/aromatic N) is 2. The van der Waals surface area contributed by atoms with Gasteiger partial charge in [0.05, 0.1) is 5.69 Å². The number of fused-ring (bicyclic) bond motifs is 1. The number of anilines is 1. The second-order valence-corrected chi connectivity index (χ2v) is 6.28. The van der Waals surface area contributed by atoms with Gasteiger partial charge in [0.15, 0.2) is 5.13 Å². The SMILES string of the molecule is CCCNc1nc2c(s1)CN(CC(C)C)CC2. The van der Waals surface area contributed by atoms with Crippen LogP contribution in [0.2, 0.25) is 0 Å². The molecular formula is C13H23N3S. The average Bonchev–Trinajstić information content (AvgIpc) is 2.67. The van der Waals surface area contributed by atoms with Crippen LogP contribution in [0, 0.1) is 5.92 Å². The summed E-state index contributed by atoms with van der Waals surface area (Å²) in [6, 6.07) is 0. The summed E-state index contributed by atoms with van der Waals surface area (Å²) in [6.45, 7) is 11.3. The minimum absolute atomic E-state index is 0.752. The maximum Gasteiger partial charge on any atom is 0.183 e. The largest absolute Gasteiger partial charge is 0.362 e. The van der Waals surface area contributed by atoms with E-state index in [1.165, 1.54) is 23.7 Å². The minimum atomic E-state index is 0.752. The first-order valence-corrected chi connectivity index (χ1v) is 7.45. The van der Waals surface area contributed by atoms with Gasteiger partial charge in [-0.25, -0.2) is 4.98 Å². The summed E-state index contributed by atoms with van der Waals surface area (Å²) in [5.74, 6) is 0.752. The Balaban J connectivity index is 1.97. The molecule has 0 bridgehead atoms. The van der Waals surface area contributed by atoms with E-state index in [1.54, 1.807) is 0 Å². The van der Waals surface area contributed by atoms with Crippen LogP contribution in [0.1, 0.15) is 37.8 Å². The second kappa shape index (κ2) is 5.83. The highest BCUT2D eigenvalue weighted by Crippen LogP contribution is 2.28. The summed E-state index contributed by atoms with van der Waals surface area (Å²) >= 11 is 1.84.